The third-order valence-electron chi connectivity index (χ3n) is 5.21. The Kier molecular flexibility index (Phi) is 5.57. The highest BCUT2D eigenvalue weighted by atomic mass is 19.4. The zero-order valence-electron chi connectivity index (χ0n) is 17.3. The minimum atomic E-state index is -4.59. The Hall–Kier alpha value is -3.87. The fourth-order valence-corrected chi connectivity index (χ4v) is 3.65. The molecule has 7 heteroatoms. The zero-order chi connectivity index (χ0) is 22.9. The van der Waals surface area contributed by atoms with Gasteiger partial charge in [-0.3, -0.25) is 4.79 Å². The van der Waals surface area contributed by atoms with Gasteiger partial charge < -0.3 is 10.1 Å². The van der Waals surface area contributed by atoms with Crippen molar-refractivity contribution < 1.29 is 22.7 Å². The number of rotatable bonds is 4. The summed E-state index contributed by atoms with van der Waals surface area (Å²) in [5, 5.41) is 3.02. The fraction of sp³-hybridized carbons (Fsp3) is 0.120. The first kappa shape index (κ1) is 21.4. The minimum Gasteiger partial charge on any atom is -0.497 e. The van der Waals surface area contributed by atoms with Crippen molar-refractivity contribution >= 4 is 22.5 Å². The molecule has 1 aromatic heterocycles. The van der Waals surface area contributed by atoms with Crippen molar-refractivity contribution in [3.8, 4) is 17.0 Å². The van der Waals surface area contributed by atoms with Gasteiger partial charge in [0.1, 0.15) is 5.75 Å². The first-order chi connectivity index (χ1) is 15.3. The van der Waals surface area contributed by atoms with Gasteiger partial charge in [-0.2, -0.15) is 13.2 Å². The summed E-state index contributed by atoms with van der Waals surface area (Å²) in [6.45, 7) is 1.74. The number of pyridine rings is 1. The monoisotopic (exact) mass is 436 g/mol. The molecule has 32 heavy (non-hydrogen) atoms. The lowest BCUT2D eigenvalue weighted by Crippen LogP contribution is -2.18. The van der Waals surface area contributed by atoms with Gasteiger partial charge in [0.05, 0.1) is 35.1 Å². The van der Waals surface area contributed by atoms with Gasteiger partial charge in [0.15, 0.2) is 0 Å². The largest absolute Gasteiger partial charge is 0.497 e. The SMILES string of the molecule is COc1ccc(-c2nc3ccccc3c(C(=O)Nc3ccccc3C(F)(F)F)c2C)cc1. The summed E-state index contributed by atoms with van der Waals surface area (Å²) in [6.07, 6.45) is -4.59. The zero-order valence-corrected chi connectivity index (χ0v) is 17.3. The maximum atomic E-state index is 13.4. The predicted octanol–water partition coefficient (Wildman–Crippen LogP) is 6.49. The van der Waals surface area contributed by atoms with E-state index in [1.165, 1.54) is 18.2 Å². The number of nitrogens with one attached hydrogen (secondary N) is 1. The van der Waals surface area contributed by atoms with Crippen molar-refractivity contribution in [1.82, 2.24) is 4.98 Å². The van der Waals surface area contributed by atoms with Crippen LogP contribution in [0.4, 0.5) is 18.9 Å². The number of hydrogen-bond acceptors (Lipinski definition) is 3. The van der Waals surface area contributed by atoms with Gasteiger partial charge in [0.2, 0.25) is 0 Å². The average Bonchev–Trinajstić information content (AvgIpc) is 2.78. The molecule has 4 nitrogen and oxygen atoms in total. The van der Waals surface area contributed by atoms with E-state index in [1.807, 2.05) is 12.1 Å². The number of alkyl halides is 3. The Morgan fingerprint density at radius 1 is 0.938 bits per heavy atom. The summed E-state index contributed by atoms with van der Waals surface area (Å²) in [5.74, 6) is 0.0430. The highest BCUT2D eigenvalue weighted by Gasteiger charge is 2.34. The van der Waals surface area contributed by atoms with Gasteiger partial charge in [0.25, 0.3) is 5.91 Å². The Morgan fingerprint density at radius 2 is 1.59 bits per heavy atom. The smallest absolute Gasteiger partial charge is 0.418 e. The van der Waals surface area contributed by atoms with Crippen molar-refractivity contribution in [2.75, 3.05) is 12.4 Å². The molecule has 0 spiro atoms. The second-order valence-electron chi connectivity index (χ2n) is 7.20. The number of methoxy groups -OCH3 is 1. The molecule has 0 radical (unpaired) electrons. The van der Waals surface area contributed by atoms with Crippen molar-refractivity contribution in [2.24, 2.45) is 0 Å². The molecule has 1 amide bonds. The number of para-hydroxylation sites is 2. The lowest BCUT2D eigenvalue weighted by Gasteiger charge is -2.17. The van der Waals surface area contributed by atoms with Gasteiger partial charge in [-0.1, -0.05) is 30.3 Å². The van der Waals surface area contributed by atoms with Gasteiger partial charge in [-0.05, 0) is 55.0 Å². The number of anilines is 1. The number of fused-ring (bicyclic) bond motifs is 1. The van der Waals surface area contributed by atoms with Crippen molar-refractivity contribution in [3.63, 3.8) is 0 Å². The Labute approximate surface area is 182 Å². The molecule has 162 valence electrons. The van der Waals surface area contributed by atoms with E-state index < -0.39 is 17.6 Å². The number of nitrogens with zero attached hydrogens (tertiary/aromatic N) is 1. The number of aromatic nitrogens is 1. The van der Waals surface area contributed by atoms with Crippen LogP contribution in [-0.4, -0.2) is 18.0 Å². The summed E-state index contributed by atoms with van der Waals surface area (Å²) in [7, 11) is 1.57. The van der Waals surface area contributed by atoms with Gasteiger partial charge >= 0.3 is 6.18 Å². The molecule has 0 saturated carbocycles. The molecular weight excluding hydrogens is 417 g/mol. The first-order valence-electron chi connectivity index (χ1n) is 9.81. The molecule has 0 atom stereocenters. The maximum Gasteiger partial charge on any atom is 0.418 e. The summed E-state index contributed by atoms with van der Waals surface area (Å²) in [6, 6.07) is 19.2. The number of ether oxygens (including phenoxy) is 1. The maximum absolute atomic E-state index is 13.4. The van der Waals surface area contributed by atoms with Gasteiger partial charge in [-0.15, -0.1) is 0 Å². The molecule has 0 fully saturated rings. The van der Waals surface area contributed by atoms with Crippen LogP contribution >= 0.6 is 0 Å². The number of amides is 1. The van der Waals surface area contributed by atoms with Crippen molar-refractivity contribution in [1.29, 1.82) is 0 Å². The van der Waals surface area contributed by atoms with E-state index in [4.69, 9.17) is 9.72 Å². The Bertz CT molecular complexity index is 1300. The number of carbonyl (C=O) groups is 1. The van der Waals surface area contributed by atoms with Crippen LogP contribution in [0.15, 0.2) is 72.8 Å². The molecule has 0 unspecified atom stereocenters. The van der Waals surface area contributed by atoms with Crippen LogP contribution in [0.2, 0.25) is 0 Å². The van der Waals surface area contributed by atoms with E-state index in [-0.39, 0.29) is 11.3 Å². The average molecular weight is 436 g/mol. The number of hydrogen-bond donors (Lipinski definition) is 1. The highest BCUT2D eigenvalue weighted by molar-refractivity contribution is 6.14. The third-order valence-corrected chi connectivity index (χ3v) is 5.21. The van der Waals surface area contributed by atoms with Crippen LogP contribution in [0.1, 0.15) is 21.5 Å². The summed E-state index contributed by atoms with van der Waals surface area (Å²) >= 11 is 0. The van der Waals surface area contributed by atoms with E-state index in [1.54, 1.807) is 50.4 Å². The van der Waals surface area contributed by atoms with Crippen molar-refractivity contribution in [2.45, 2.75) is 13.1 Å². The summed E-state index contributed by atoms with van der Waals surface area (Å²) in [4.78, 5) is 18.0. The first-order valence-corrected chi connectivity index (χ1v) is 9.81. The van der Waals surface area contributed by atoms with Gasteiger partial charge in [-0.25, -0.2) is 4.98 Å². The van der Waals surface area contributed by atoms with Gasteiger partial charge in [0, 0.05) is 10.9 Å². The molecule has 3 aromatic carbocycles. The highest BCUT2D eigenvalue weighted by Crippen LogP contribution is 2.36. The van der Waals surface area contributed by atoms with E-state index >= 15 is 0 Å². The minimum absolute atomic E-state index is 0.276. The number of benzene rings is 3. The van der Waals surface area contributed by atoms with Crippen LogP contribution in [-0.2, 0) is 6.18 Å². The second-order valence-corrected chi connectivity index (χ2v) is 7.20. The van der Waals surface area contributed by atoms with Crippen LogP contribution < -0.4 is 10.1 Å². The fourth-order valence-electron chi connectivity index (χ4n) is 3.65. The summed E-state index contributed by atoms with van der Waals surface area (Å²) in [5.41, 5.74) is 1.54. The predicted molar refractivity (Wildman–Crippen MR) is 118 cm³/mol. The molecule has 0 aliphatic carbocycles. The molecule has 1 N–H and O–H groups in total. The van der Waals surface area contributed by atoms with Crippen LogP contribution in [0.3, 0.4) is 0 Å². The van der Waals surface area contributed by atoms with Crippen LogP contribution in [0.5, 0.6) is 5.75 Å². The molecule has 0 saturated heterocycles. The topological polar surface area (TPSA) is 51.2 Å². The van der Waals surface area contributed by atoms with Crippen molar-refractivity contribution in [3.05, 3.63) is 89.5 Å². The third kappa shape index (κ3) is 4.01. The molecule has 4 rings (SSSR count). The second kappa shape index (κ2) is 8.34. The molecule has 0 aliphatic heterocycles. The van der Waals surface area contributed by atoms with E-state index in [0.717, 1.165) is 11.6 Å². The Morgan fingerprint density at radius 3 is 2.28 bits per heavy atom. The lowest BCUT2D eigenvalue weighted by molar-refractivity contribution is -0.136. The van der Waals surface area contributed by atoms with E-state index in [0.29, 0.717) is 27.9 Å². The molecule has 4 aromatic rings. The number of carbonyl (C=O) groups excluding carboxylic acids is 1. The molecular formula is C25H19F3N2O2. The quantitative estimate of drug-likeness (QED) is 0.398. The normalized spacial score (nSPS) is 11.4. The van der Waals surface area contributed by atoms with E-state index in [2.05, 4.69) is 5.32 Å². The molecule has 1 heterocycles. The molecule has 0 aliphatic rings. The summed E-state index contributed by atoms with van der Waals surface area (Å²) < 4.78 is 45.4. The lowest BCUT2D eigenvalue weighted by atomic mass is 9.97. The van der Waals surface area contributed by atoms with E-state index in [9.17, 15) is 18.0 Å². The Balaban J connectivity index is 1.85. The number of halogens is 3. The standard InChI is InChI=1S/C25H19F3N2O2/c1-15-22(24(31)30-21-10-6-4-8-19(21)25(26,27)28)18-7-3-5-9-20(18)29-23(15)16-11-13-17(32-2)14-12-16/h3-14H,1-2H3,(H,30,31). The van der Waals surface area contributed by atoms with Crippen LogP contribution in [0.25, 0.3) is 22.2 Å². The van der Waals surface area contributed by atoms with Crippen LogP contribution in [0, 0.1) is 6.92 Å². The molecule has 0 bridgehead atoms.